The van der Waals surface area contributed by atoms with Crippen LogP contribution in [0.4, 0.5) is 0 Å². The maximum absolute atomic E-state index is 11.5. The van der Waals surface area contributed by atoms with Crippen LogP contribution in [0.5, 0.6) is 0 Å². The maximum atomic E-state index is 11.5. The van der Waals surface area contributed by atoms with E-state index in [2.05, 4.69) is 20.9 Å². The van der Waals surface area contributed by atoms with Crippen LogP contribution in [0.15, 0.2) is 22.9 Å². The molecule has 14 heavy (non-hydrogen) atoms. The zero-order valence-electron chi connectivity index (χ0n) is 7.79. The first-order chi connectivity index (χ1) is 6.59. The minimum atomic E-state index is -0.0472. The summed E-state index contributed by atoms with van der Waals surface area (Å²) in [7, 11) is 0. The molecular formula is C10H10BrNO2. The monoisotopic (exact) mass is 255 g/mol. The van der Waals surface area contributed by atoms with Gasteiger partial charge in [0.2, 0.25) is 0 Å². The Morgan fingerprint density at radius 3 is 2.64 bits per heavy atom. The minimum absolute atomic E-state index is 0.0290. The maximum Gasteiger partial charge on any atom is 0.164 e. The summed E-state index contributed by atoms with van der Waals surface area (Å²) in [4.78, 5) is 26.0. The van der Waals surface area contributed by atoms with E-state index >= 15 is 0 Å². The molecule has 0 N–H and O–H groups in total. The van der Waals surface area contributed by atoms with E-state index in [1.165, 1.54) is 13.1 Å². The number of hydrogen-bond donors (Lipinski definition) is 0. The van der Waals surface area contributed by atoms with Crippen molar-refractivity contribution in [3.05, 3.63) is 28.5 Å². The van der Waals surface area contributed by atoms with E-state index < -0.39 is 0 Å². The largest absolute Gasteiger partial charge is 0.300 e. The van der Waals surface area contributed by atoms with Crippen LogP contribution in [0, 0.1) is 0 Å². The third kappa shape index (κ3) is 3.38. The van der Waals surface area contributed by atoms with Gasteiger partial charge in [0.15, 0.2) is 5.78 Å². The summed E-state index contributed by atoms with van der Waals surface area (Å²) in [6, 6.07) is 1.70. The Bertz CT molecular complexity index is 363. The number of pyridine rings is 1. The van der Waals surface area contributed by atoms with Gasteiger partial charge in [0.05, 0.1) is 0 Å². The van der Waals surface area contributed by atoms with Gasteiger partial charge < -0.3 is 4.79 Å². The van der Waals surface area contributed by atoms with Crippen LogP contribution >= 0.6 is 15.9 Å². The van der Waals surface area contributed by atoms with E-state index in [0.29, 0.717) is 12.0 Å². The molecule has 0 amide bonds. The van der Waals surface area contributed by atoms with Crippen molar-refractivity contribution >= 4 is 27.5 Å². The Kier molecular flexibility index (Phi) is 3.95. The number of aromatic nitrogens is 1. The molecule has 0 aromatic carbocycles. The molecule has 1 aromatic rings. The zero-order chi connectivity index (χ0) is 10.6. The summed E-state index contributed by atoms with van der Waals surface area (Å²) in [6.45, 7) is 1.48. The number of carbonyl (C=O) groups is 2. The SMILES string of the molecule is CC(=O)CCC(=O)c1cncc(Br)c1. The van der Waals surface area contributed by atoms with Crippen molar-refractivity contribution in [1.82, 2.24) is 4.98 Å². The van der Waals surface area contributed by atoms with Crippen molar-refractivity contribution in [2.75, 3.05) is 0 Å². The number of nitrogens with zero attached hydrogens (tertiary/aromatic N) is 1. The molecule has 0 saturated carbocycles. The molecule has 0 aliphatic heterocycles. The third-order valence-electron chi connectivity index (χ3n) is 1.73. The van der Waals surface area contributed by atoms with Gasteiger partial charge in [0, 0.05) is 35.3 Å². The number of hydrogen-bond acceptors (Lipinski definition) is 3. The molecule has 0 unspecified atom stereocenters. The summed E-state index contributed by atoms with van der Waals surface area (Å²) >= 11 is 3.23. The summed E-state index contributed by atoms with van der Waals surface area (Å²) in [5, 5.41) is 0. The quantitative estimate of drug-likeness (QED) is 0.777. The summed E-state index contributed by atoms with van der Waals surface area (Å²) in [5.41, 5.74) is 0.542. The average molecular weight is 256 g/mol. The van der Waals surface area contributed by atoms with Gasteiger partial charge in [-0.05, 0) is 28.9 Å². The predicted molar refractivity (Wildman–Crippen MR) is 56.2 cm³/mol. The van der Waals surface area contributed by atoms with Crippen molar-refractivity contribution < 1.29 is 9.59 Å². The second-order valence-electron chi connectivity index (χ2n) is 3.02. The molecule has 4 heteroatoms. The average Bonchev–Trinajstić information content (AvgIpc) is 2.14. The first kappa shape index (κ1) is 11.0. The number of ketones is 2. The van der Waals surface area contributed by atoms with E-state index in [4.69, 9.17) is 0 Å². The second kappa shape index (κ2) is 5.00. The first-order valence-corrected chi connectivity index (χ1v) is 5.02. The Balaban J connectivity index is 2.65. The van der Waals surface area contributed by atoms with Crippen molar-refractivity contribution in [2.24, 2.45) is 0 Å². The van der Waals surface area contributed by atoms with Gasteiger partial charge in [-0.2, -0.15) is 0 Å². The lowest BCUT2D eigenvalue weighted by molar-refractivity contribution is -0.116. The van der Waals surface area contributed by atoms with Gasteiger partial charge >= 0.3 is 0 Å². The summed E-state index contributed by atoms with van der Waals surface area (Å²) in [5.74, 6) is -0.0182. The van der Waals surface area contributed by atoms with Crippen molar-refractivity contribution in [1.29, 1.82) is 0 Å². The van der Waals surface area contributed by atoms with Crippen LogP contribution in [-0.4, -0.2) is 16.6 Å². The molecule has 1 heterocycles. The van der Waals surface area contributed by atoms with Gasteiger partial charge in [-0.15, -0.1) is 0 Å². The molecule has 0 spiro atoms. The molecule has 0 bridgehead atoms. The Morgan fingerprint density at radius 2 is 2.07 bits per heavy atom. The normalized spacial score (nSPS) is 9.86. The molecule has 0 radical (unpaired) electrons. The highest BCUT2D eigenvalue weighted by molar-refractivity contribution is 9.10. The van der Waals surface area contributed by atoms with Crippen molar-refractivity contribution in [2.45, 2.75) is 19.8 Å². The Hall–Kier alpha value is -1.03. The molecule has 3 nitrogen and oxygen atoms in total. The predicted octanol–water partition coefficient (Wildman–Crippen LogP) is 2.40. The van der Waals surface area contributed by atoms with E-state index in [9.17, 15) is 9.59 Å². The van der Waals surface area contributed by atoms with Crippen LogP contribution < -0.4 is 0 Å². The molecule has 0 aliphatic carbocycles. The second-order valence-corrected chi connectivity index (χ2v) is 3.93. The lowest BCUT2D eigenvalue weighted by Crippen LogP contribution is -2.02. The fourth-order valence-corrected chi connectivity index (χ4v) is 1.36. The number of halogens is 1. The fourth-order valence-electron chi connectivity index (χ4n) is 0.998. The van der Waals surface area contributed by atoms with Crippen LogP contribution in [0.3, 0.4) is 0 Å². The van der Waals surface area contributed by atoms with Gasteiger partial charge in [-0.25, -0.2) is 0 Å². The first-order valence-electron chi connectivity index (χ1n) is 4.23. The Labute approximate surface area is 90.7 Å². The lowest BCUT2D eigenvalue weighted by atomic mass is 10.1. The summed E-state index contributed by atoms with van der Waals surface area (Å²) in [6.07, 6.45) is 3.67. The number of rotatable bonds is 4. The molecular weight excluding hydrogens is 246 g/mol. The number of Topliss-reactive ketones (excluding diaryl/α,β-unsaturated/α-hetero) is 2. The standard InChI is InChI=1S/C10H10BrNO2/c1-7(13)2-3-10(14)8-4-9(11)6-12-5-8/h4-6H,2-3H2,1H3. The number of carbonyl (C=O) groups excluding carboxylic acids is 2. The minimum Gasteiger partial charge on any atom is -0.300 e. The zero-order valence-corrected chi connectivity index (χ0v) is 9.37. The molecule has 1 aromatic heterocycles. The van der Waals surface area contributed by atoms with Crippen LogP contribution in [0.2, 0.25) is 0 Å². The Morgan fingerprint density at radius 1 is 1.36 bits per heavy atom. The molecule has 0 fully saturated rings. The highest BCUT2D eigenvalue weighted by Gasteiger charge is 2.07. The van der Waals surface area contributed by atoms with Gasteiger partial charge in [0.1, 0.15) is 5.78 Å². The molecule has 1 rings (SSSR count). The van der Waals surface area contributed by atoms with Crippen molar-refractivity contribution in [3.63, 3.8) is 0 Å². The van der Waals surface area contributed by atoms with Gasteiger partial charge in [-0.3, -0.25) is 9.78 Å². The molecule has 0 saturated heterocycles. The topological polar surface area (TPSA) is 47.0 Å². The third-order valence-corrected chi connectivity index (χ3v) is 2.16. The van der Waals surface area contributed by atoms with Gasteiger partial charge in [-0.1, -0.05) is 0 Å². The molecule has 0 aliphatic rings. The van der Waals surface area contributed by atoms with Crippen LogP contribution in [0.1, 0.15) is 30.1 Å². The molecule has 0 atom stereocenters. The van der Waals surface area contributed by atoms with Crippen LogP contribution in [-0.2, 0) is 4.79 Å². The molecule has 74 valence electrons. The fraction of sp³-hybridized carbons (Fsp3) is 0.300. The summed E-state index contributed by atoms with van der Waals surface area (Å²) < 4.78 is 0.770. The van der Waals surface area contributed by atoms with E-state index in [1.807, 2.05) is 0 Å². The van der Waals surface area contributed by atoms with Crippen LogP contribution in [0.25, 0.3) is 0 Å². The highest BCUT2D eigenvalue weighted by Crippen LogP contribution is 2.11. The smallest absolute Gasteiger partial charge is 0.164 e. The van der Waals surface area contributed by atoms with E-state index in [1.54, 1.807) is 12.3 Å². The lowest BCUT2D eigenvalue weighted by Gasteiger charge is -1.98. The van der Waals surface area contributed by atoms with Crippen molar-refractivity contribution in [3.8, 4) is 0 Å². The van der Waals surface area contributed by atoms with Gasteiger partial charge in [0.25, 0.3) is 0 Å². The van der Waals surface area contributed by atoms with E-state index in [-0.39, 0.29) is 18.0 Å². The highest BCUT2D eigenvalue weighted by atomic mass is 79.9. The van der Waals surface area contributed by atoms with E-state index in [0.717, 1.165) is 4.47 Å².